The van der Waals surface area contributed by atoms with Crippen molar-refractivity contribution in [3.63, 3.8) is 0 Å². The summed E-state index contributed by atoms with van der Waals surface area (Å²) in [4.78, 5) is 12.8. The number of carbonyl (C=O) groups excluding carboxylic acids is 1. The quantitative estimate of drug-likeness (QED) is 0.265. The summed E-state index contributed by atoms with van der Waals surface area (Å²) in [6.07, 6.45) is -0.923. The van der Waals surface area contributed by atoms with Gasteiger partial charge in [-0.1, -0.05) is 60.7 Å². The Morgan fingerprint density at radius 3 is 2.52 bits per heavy atom. The fraction of sp³-hybridized carbons (Fsp3) is 0.125. The molecule has 198 valence electrons. The number of nitriles is 1. The third kappa shape index (κ3) is 5.00. The van der Waals surface area contributed by atoms with Crippen LogP contribution in [0.15, 0.2) is 109 Å². The highest BCUT2D eigenvalue weighted by molar-refractivity contribution is 5.78. The molecule has 4 aromatic rings. The summed E-state index contributed by atoms with van der Waals surface area (Å²) in [5, 5.41) is 9.93. The van der Waals surface area contributed by atoms with E-state index >= 15 is 0 Å². The second-order valence-electron chi connectivity index (χ2n) is 9.26. The smallest absolute Gasteiger partial charge is 0.356 e. The molecule has 2 aliphatic heterocycles. The fourth-order valence-corrected chi connectivity index (χ4v) is 4.68. The fourth-order valence-electron chi connectivity index (χ4n) is 4.68. The van der Waals surface area contributed by atoms with Crippen LogP contribution in [-0.4, -0.2) is 18.7 Å². The van der Waals surface area contributed by atoms with Crippen LogP contribution >= 0.6 is 0 Å². The molecule has 0 bridgehead atoms. The van der Waals surface area contributed by atoms with Gasteiger partial charge < -0.3 is 29.4 Å². The van der Waals surface area contributed by atoms with Gasteiger partial charge in [0.2, 0.25) is 12.0 Å². The number of hydrogen-bond acceptors (Lipinski definition) is 8. The molecule has 0 saturated carbocycles. The van der Waals surface area contributed by atoms with E-state index in [0.717, 1.165) is 11.1 Å². The predicted octanol–water partition coefficient (Wildman–Crippen LogP) is 5.23. The Kier molecular flexibility index (Phi) is 6.69. The topological polar surface area (TPSA) is 113 Å². The third-order valence-electron chi connectivity index (χ3n) is 6.62. The zero-order valence-corrected chi connectivity index (χ0v) is 21.3. The first-order valence-electron chi connectivity index (χ1n) is 12.7. The van der Waals surface area contributed by atoms with Gasteiger partial charge in [0.15, 0.2) is 11.5 Å². The Hall–Kier alpha value is -5.42. The Morgan fingerprint density at radius 1 is 0.900 bits per heavy atom. The monoisotopic (exact) mass is 532 g/mol. The second-order valence-corrected chi connectivity index (χ2v) is 9.26. The molecule has 0 aliphatic carbocycles. The van der Waals surface area contributed by atoms with E-state index in [-0.39, 0.29) is 23.8 Å². The molecule has 0 saturated heterocycles. The van der Waals surface area contributed by atoms with Crippen LogP contribution in [0.4, 0.5) is 0 Å². The van der Waals surface area contributed by atoms with Crippen molar-refractivity contribution in [1.29, 1.82) is 5.26 Å². The van der Waals surface area contributed by atoms with E-state index in [1.54, 1.807) is 36.4 Å². The normalized spacial score (nSPS) is 17.2. The van der Waals surface area contributed by atoms with Crippen LogP contribution in [0, 0.1) is 11.3 Å². The lowest BCUT2D eigenvalue weighted by atomic mass is 9.83. The van der Waals surface area contributed by atoms with Crippen LogP contribution < -0.4 is 29.4 Å². The number of nitrogens with zero attached hydrogens (tertiary/aromatic N) is 1. The van der Waals surface area contributed by atoms with Gasteiger partial charge in [-0.15, -0.1) is 0 Å². The van der Waals surface area contributed by atoms with Gasteiger partial charge in [0, 0.05) is 11.6 Å². The Balaban J connectivity index is 1.23. The summed E-state index contributed by atoms with van der Waals surface area (Å²) in [6, 6.07) is 31.7. The van der Waals surface area contributed by atoms with Crippen LogP contribution in [0.2, 0.25) is 0 Å². The van der Waals surface area contributed by atoms with Crippen molar-refractivity contribution in [2.24, 2.45) is 5.73 Å². The van der Waals surface area contributed by atoms with Gasteiger partial charge in [-0.3, -0.25) is 0 Å². The van der Waals surface area contributed by atoms with E-state index in [1.165, 1.54) is 0 Å². The van der Waals surface area contributed by atoms with Crippen molar-refractivity contribution in [1.82, 2.24) is 0 Å². The predicted molar refractivity (Wildman–Crippen MR) is 145 cm³/mol. The zero-order chi connectivity index (χ0) is 27.5. The highest BCUT2D eigenvalue weighted by Gasteiger charge is 2.33. The summed E-state index contributed by atoms with van der Waals surface area (Å²) >= 11 is 0. The van der Waals surface area contributed by atoms with E-state index in [4.69, 9.17) is 29.4 Å². The maximum Gasteiger partial charge on any atom is 0.356 e. The molecule has 0 radical (unpaired) electrons. The summed E-state index contributed by atoms with van der Waals surface area (Å²) in [7, 11) is 0. The number of ether oxygens (including phenoxy) is 5. The lowest BCUT2D eigenvalue weighted by molar-refractivity contribution is -0.144. The van der Waals surface area contributed by atoms with Crippen molar-refractivity contribution in [3.8, 4) is 34.8 Å². The van der Waals surface area contributed by atoms with Gasteiger partial charge in [-0.05, 0) is 41.5 Å². The van der Waals surface area contributed by atoms with E-state index in [1.807, 2.05) is 60.7 Å². The average Bonchev–Trinajstić information content (AvgIpc) is 2.99. The molecular formula is C32H24N2O6. The van der Waals surface area contributed by atoms with Gasteiger partial charge in [0.25, 0.3) is 0 Å². The number of carbonyl (C=O) groups is 1. The first kappa shape index (κ1) is 24.9. The molecule has 2 aliphatic rings. The summed E-state index contributed by atoms with van der Waals surface area (Å²) < 4.78 is 28.8. The van der Waals surface area contributed by atoms with Crippen molar-refractivity contribution in [2.75, 3.05) is 6.61 Å². The van der Waals surface area contributed by atoms with Gasteiger partial charge in [-0.2, -0.15) is 5.26 Å². The number of allylic oxidation sites excluding steroid dienone is 1. The van der Waals surface area contributed by atoms with Crippen LogP contribution in [0.25, 0.3) is 0 Å². The van der Waals surface area contributed by atoms with E-state index in [9.17, 15) is 10.1 Å². The van der Waals surface area contributed by atoms with E-state index < -0.39 is 18.0 Å². The molecule has 2 atom stereocenters. The minimum atomic E-state index is -0.923. The molecule has 0 spiro atoms. The number of esters is 1. The minimum Gasteiger partial charge on any atom is -0.489 e. The average molecular weight is 533 g/mol. The van der Waals surface area contributed by atoms with Crippen molar-refractivity contribution < 1.29 is 28.5 Å². The molecule has 8 nitrogen and oxygen atoms in total. The molecular weight excluding hydrogens is 508 g/mol. The molecule has 4 aromatic carbocycles. The molecule has 40 heavy (non-hydrogen) atoms. The summed E-state index contributed by atoms with van der Waals surface area (Å²) in [6.45, 7) is 0.442. The highest BCUT2D eigenvalue weighted by Crippen LogP contribution is 2.44. The maximum atomic E-state index is 12.8. The van der Waals surface area contributed by atoms with Crippen molar-refractivity contribution in [2.45, 2.75) is 18.6 Å². The van der Waals surface area contributed by atoms with Crippen molar-refractivity contribution >= 4 is 5.97 Å². The van der Waals surface area contributed by atoms with Crippen LogP contribution in [0.3, 0.4) is 0 Å². The molecule has 8 heteroatoms. The van der Waals surface area contributed by atoms with Gasteiger partial charge >= 0.3 is 5.97 Å². The Morgan fingerprint density at radius 2 is 1.70 bits per heavy atom. The second kappa shape index (κ2) is 10.8. The number of hydrogen-bond donors (Lipinski definition) is 1. The number of para-hydroxylation sites is 2. The van der Waals surface area contributed by atoms with Gasteiger partial charge in [0.1, 0.15) is 42.1 Å². The largest absolute Gasteiger partial charge is 0.489 e. The number of nitrogens with two attached hydrogens (primary N) is 1. The van der Waals surface area contributed by atoms with E-state index in [0.29, 0.717) is 35.2 Å². The minimum absolute atomic E-state index is 0.0142. The number of fused-ring (bicyclic) bond motifs is 2. The molecule has 6 rings (SSSR count). The molecule has 2 N–H and O–H groups in total. The zero-order valence-electron chi connectivity index (χ0n) is 21.3. The molecule has 0 aromatic heterocycles. The van der Waals surface area contributed by atoms with Crippen LogP contribution in [0.5, 0.6) is 28.7 Å². The maximum absolute atomic E-state index is 12.8. The number of benzene rings is 4. The summed E-state index contributed by atoms with van der Waals surface area (Å²) in [5.41, 5.74) is 9.02. The van der Waals surface area contributed by atoms with E-state index in [2.05, 4.69) is 6.07 Å². The SMILES string of the molecule is N#CC1=C(N)Oc2cc(OC(=O)C3COc4ccccc4O3)ccc2C1c1cccc(OCc2ccccc2)c1. The first-order valence-corrected chi connectivity index (χ1v) is 12.7. The summed E-state index contributed by atoms with van der Waals surface area (Å²) in [5.74, 6) is 1.23. The first-order chi connectivity index (χ1) is 19.6. The molecule has 0 amide bonds. The van der Waals surface area contributed by atoms with Crippen molar-refractivity contribution in [3.05, 3.63) is 125 Å². The third-order valence-corrected chi connectivity index (χ3v) is 6.62. The lowest BCUT2D eigenvalue weighted by Crippen LogP contribution is -2.39. The Labute approximate surface area is 230 Å². The van der Waals surface area contributed by atoms with Gasteiger partial charge in [-0.25, -0.2) is 4.79 Å². The highest BCUT2D eigenvalue weighted by atomic mass is 16.6. The molecule has 2 unspecified atom stereocenters. The lowest BCUT2D eigenvalue weighted by Gasteiger charge is -2.27. The van der Waals surface area contributed by atoms with Crippen LogP contribution in [-0.2, 0) is 11.4 Å². The van der Waals surface area contributed by atoms with Gasteiger partial charge in [0.05, 0.1) is 5.92 Å². The standard InChI is InChI=1S/C32H24N2O6/c33-17-25-30(21-9-6-10-22(15-21)36-18-20-7-2-1-3-8-20)24-14-13-23(16-28(24)40-31(25)34)38-32(35)29-19-37-26-11-4-5-12-27(26)39-29/h1-16,29-30H,18-19,34H2. The Bertz CT molecular complexity index is 1640. The molecule has 0 fully saturated rings. The van der Waals surface area contributed by atoms with Crippen LogP contribution in [0.1, 0.15) is 22.6 Å². The number of rotatable bonds is 6. The molecule has 2 heterocycles.